The minimum atomic E-state index is 0.940. The number of nitrogens with zero attached hydrogens (tertiary/aromatic N) is 2. The van der Waals surface area contributed by atoms with Crippen molar-refractivity contribution in [2.24, 2.45) is 10.2 Å². The Kier molecular flexibility index (Phi) is 4.28. The quantitative estimate of drug-likeness (QED) is 0.615. The summed E-state index contributed by atoms with van der Waals surface area (Å²) in [6, 6.07) is 20.5. The number of rotatable bonds is 3. The molecule has 1 saturated heterocycles. The van der Waals surface area contributed by atoms with Crippen molar-refractivity contribution in [2.45, 2.75) is 6.42 Å². The molecular weight excluding hydrogens is 264 g/mol. The summed E-state index contributed by atoms with van der Waals surface area (Å²) < 4.78 is 0. The molecule has 0 aromatic heterocycles. The van der Waals surface area contributed by atoms with E-state index in [2.05, 4.69) is 34.5 Å². The van der Waals surface area contributed by atoms with Crippen LogP contribution in [0.1, 0.15) is 17.5 Å². The third-order valence-electron chi connectivity index (χ3n) is 3.19. The Morgan fingerprint density at radius 3 is 1.95 bits per heavy atom. The minimum absolute atomic E-state index is 0.940. The van der Waals surface area contributed by atoms with E-state index < -0.39 is 0 Å². The lowest BCUT2D eigenvalue weighted by Crippen LogP contribution is -2.03. The second-order valence-electron chi connectivity index (χ2n) is 4.65. The van der Waals surface area contributed by atoms with E-state index in [1.54, 1.807) is 0 Å². The predicted octanol–water partition coefficient (Wildman–Crippen LogP) is 4.02. The summed E-state index contributed by atoms with van der Waals surface area (Å²) in [5.41, 5.74) is 4.34. The van der Waals surface area contributed by atoms with Gasteiger partial charge in [0.05, 0.1) is 5.71 Å². The van der Waals surface area contributed by atoms with Crippen molar-refractivity contribution in [1.29, 1.82) is 0 Å². The zero-order valence-electron chi connectivity index (χ0n) is 11.2. The van der Waals surface area contributed by atoms with E-state index in [9.17, 15) is 0 Å². The van der Waals surface area contributed by atoms with Gasteiger partial charge in [-0.3, -0.25) is 0 Å². The van der Waals surface area contributed by atoms with Crippen LogP contribution in [0.4, 0.5) is 0 Å². The van der Waals surface area contributed by atoms with Gasteiger partial charge in [-0.1, -0.05) is 60.7 Å². The Hall–Kier alpha value is -1.87. The molecule has 1 fully saturated rings. The van der Waals surface area contributed by atoms with Gasteiger partial charge >= 0.3 is 0 Å². The Bertz CT molecular complexity index is 568. The number of hydrogen-bond acceptors (Lipinski definition) is 3. The third-order valence-corrected chi connectivity index (χ3v) is 4.22. The summed E-state index contributed by atoms with van der Waals surface area (Å²) in [6.07, 6.45) is 1.06. The van der Waals surface area contributed by atoms with Crippen LogP contribution in [-0.4, -0.2) is 22.9 Å². The van der Waals surface area contributed by atoms with E-state index in [0.29, 0.717) is 0 Å². The third kappa shape index (κ3) is 3.17. The van der Waals surface area contributed by atoms with Crippen LogP contribution in [0.25, 0.3) is 0 Å². The molecule has 1 heterocycles. The molecule has 0 spiro atoms. The maximum atomic E-state index is 4.54. The van der Waals surface area contributed by atoms with Gasteiger partial charge in [0.15, 0.2) is 0 Å². The maximum Gasteiger partial charge on any atom is 0.100 e. The monoisotopic (exact) mass is 280 g/mol. The van der Waals surface area contributed by atoms with E-state index in [-0.39, 0.29) is 0 Å². The minimum Gasteiger partial charge on any atom is -0.159 e. The summed E-state index contributed by atoms with van der Waals surface area (Å²) in [4.78, 5) is 0. The standard InChI is InChI=1S/C17H16N2S/c1-3-7-14(8-4-1)17(15-9-5-2-6-10-15)19-18-16-11-12-20-13-16/h1-10H,11-13H2/b18-16+. The van der Waals surface area contributed by atoms with E-state index in [4.69, 9.17) is 0 Å². The molecule has 1 aliphatic rings. The number of benzene rings is 2. The van der Waals surface area contributed by atoms with Crippen molar-refractivity contribution >= 4 is 23.2 Å². The molecule has 20 heavy (non-hydrogen) atoms. The van der Waals surface area contributed by atoms with E-state index >= 15 is 0 Å². The van der Waals surface area contributed by atoms with E-state index in [0.717, 1.165) is 29.0 Å². The topological polar surface area (TPSA) is 24.7 Å². The van der Waals surface area contributed by atoms with Crippen molar-refractivity contribution in [3.05, 3.63) is 71.8 Å². The predicted molar refractivity (Wildman–Crippen MR) is 87.9 cm³/mol. The number of thioether (sulfide) groups is 1. The summed E-state index contributed by atoms with van der Waals surface area (Å²) in [5.74, 6) is 2.18. The van der Waals surface area contributed by atoms with Gasteiger partial charge in [-0.25, -0.2) is 0 Å². The second kappa shape index (κ2) is 6.53. The molecule has 0 amide bonds. The van der Waals surface area contributed by atoms with Crippen LogP contribution >= 0.6 is 11.8 Å². The van der Waals surface area contributed by atoms with Gasteiger partial charge in [0.2, 0.25) is 0 Å². The highest BCUT2D eigenvalue weighted by molar-refractivity contribution is 8.00. The fourth-order valence-electron chi connectivity index (χ4n) is 2.13. The zero-order valence-corrected chi connectivity index (χ0v) is 12.0. The van der Waals surface area contributed by atoms with Gasteiger partial charge in [0, 0.05) is 16.9 Å². The molecule has 2 aromatic carbocycles. The molecule has 0 N–H and O–H groups in total. The molecule has 1 aliphatic heterocycles. The van der Waals surface area contributed by atoms with Gasteiger partial charge in [-0.2, -0.15) is 16.9 Å². The number of hydrogen-bond donors (Lipinski definition) is 0. The fraction of sp³-hybridized carbons (Fsp3) is 0.176. The normalized spacial score (nSPS) is 16.3. The Morgan fingerprint density at radius 1 is 0.850 bits per heavy atom. The van der Waals surface area contributed by atoms with Crippen LogP contribution in [0.3, 0.4) is 0 Å². The fourth-order valence-corrected chi connectivity index (χ4v) is 3.09. The Morgan fingerprint density at radius 2 is 1.45 bits per heavy atom. The Balaban J connectivity index is 2.00. The lowest BCUT2D eigenvalue weighted by molar-refractivity contribution is 1.18. The highest BCUT2D eigenvalue weighted by Crippen LogP contribution is 2.16. The first-order chi connectivity index (χ1) is 9.93. The molecule has 2 nitrogen and oxygen atoms in total. The molecule has 2 aromatic rings. The molecule has 3 rings (SSSR count). The highest BCUT2D eigenvalue weighted by Gasteiger charge is 2.10. The maximum absolute atomic E-state index is 4.54. The van der Waals surface area contributed by atoms with Crippen molar-refractivity contribution in [2.75, 3.05) is 11.5 Å². The van der Waals surface area contributed by atoms with Gasteiger partial charge in [-0.05, 0) is 12.2 Å². The average Bonchev–Trinajstić information content (AvgIpc) is 3.03. The molecule has 0 bridgehead atoms. The summed E-state index contributed by atoms with van der Waals surface area (Å²) >= 11 is 1.93. The highest BCUT2D eigenvalue weighted by atomic mass is 32.2. The molecule has 0 atom stereocenters. The zero-order chi connectivity index (χ0) is 13.6. The molecule has 3 heteroatoms. The lowest BCUT2D eigenvalue weighted by atomic mass is 10.0. The van der Waals surface area contributed by atoms with Crippen molar-refractivity contribution in [3.8, 4) is 0 Å². The first-order valence-electron chi connectivity index (χ1n) is 6.75. The van der Waals surface area contributed by atoms with Crippen LogP contribution in [0.15, 0.2) is 70.9 Å². The largest absolute Gasteiger partial charge is 0.159 e. The smallest absolute Gasteiger partial charge is 0.100 e. The SMILES string of the molecule is c1ccc(C(=N/N=C2\CCSC2)c2ccccc2)cc1. The van der Waals surface area contributed by atoms with Crippen molar-refractivity contribution < 1.29 is 0 Å². The van der Waals surface area contributed by atoms with Crippen LogP contribution in [-0.2, 0) is 0 Å². The first-order valence-corrected chi connectivity index (χ1v) is 7.91. The molecular formula is C17H16N2S. The van der Waals surface area contributed by atoms with Crippen molar-refractivity contribution in [3.63, 3.8) is 0 Å². The van der Waals surface area contributed by atoms with Crippen LogP contribution in [0.5, 0.6) is 0 Å². The summed E-state index contributed by atoms with van der Waals surface area (Å²) in [7, 11) is 0. The summed E-state index contributed by atoms with van der Waals surface area (Å²) in [6.45, 7) is 0. The second-order valence-corrected chi connectivity index (χ2v) is 5.75. The van der Waals surface area contributed by atoms with Gasteiger partial charge < -0.3 is 0 Å². The molecule has 0 radical (unpaired) electrons. The summed E-state index contributed by atoms with van der Waals surface area (Å²) in [5, 5.41) is 9.00. The molecule has 100 valence electrons. The molecule has 0 saturated carbocycles. The van der Waals surface area contributed by atoms with Crippen LogP contribution in [0, 0.1) is 0 Å². The van der Waals surface area contributed by atoms with Gasteiger partial charge in [0.25, 0.3) is 0 Å². The van der Waals surface area contributed by atoms with Crippen LogP contribution < -0.4 is 0 Å². The van der Waals surface area contributed by atoms with E-state index in [1.165, 1.54) is 11.5 Å². The Labute approximate surface area is 123 Å². The van der Waals surface area contributed by atoms with E-state index in [1.807, 2.05) is 48.2 Å². The van der Waals surface area contributed by atoms with Gasteiger partial charge in [0.1, 0.15) is 5.71 Å². The van der Waals surface area contributed by atoms with Crippen LogP contribution in [0.2, 0.25) is 0 Å². The molecule has 0 unspecified atom stereocenters. The molecule has 0 aliphatic carbocycles. The van der Waals surface area contributed by atoms with Gasteiger partial charge in [-0.15, -0.1) is 5.10 Å². The average molecular weight is 280 g/mol. The lowest BCUT2D eigenvalue weighted by Gasteiger charge is -2.05. The van der Waals surface area contributed by atoms with Crippen molar-refractivity contribution in [1.82, 2.24) is 0 Å². The first kappa shape index (κ1) is 13.1.